The van der Waals surface area contributed by atoms with Crippen LogP contribution in [-0.4, -0.2) is 18.5 Å². The van der Waals surface area contributed by atoms with Crippen LogP contribution in [0.2, 0.25) is 0 Å². The zero-order chi connectivity index (χ0) is 13.8. The van der Waals surface area contributed by atoms with Gasteiger partial charge in [-0.05, 0) is 45.4 Å². The standard InChI is InChI=1S/C14H19NO3/c1-10-6-5-7-11(8-10)15-12(16)9-18-13(17)14(2,3)4/h5-8H,9H2,1-4H3,(H,15,16). The summed E-state index contributed by atoms with van der Waals surface area (Å²) in [7, 11) is 0. The molecule has 1 amide bonds. The summed E-state index contributed by atoms with van der Waals surface area (Å²) < 4.78 is 4.92. The Kier molecular flexibility index (Phi) is 4.48. The lowest BCUT2D eigenvalue weighted by Crippen LogP contribution is -2.27. The van der Waals surface area contributed by atoms with Crippen LogP contribution in [0.25, 0.3) is 0 Å². The van der Waals surface area contributed by atoms with Crippen LogP contribution >= 0.6 is 0 Å². The predicted octanol–water partition coefficient (Wildman–Crippen LogP) is 2.52. The van der Waals surface area contributed by atoms with Gasteiger partial charge in [-0.1, -0.05) is 12.1 Å². The van der Waals surface area contributed by atoms with Crippen LogP contribution in [0.15, 0.2) is 24.3 Å². The minimum absolute atomic E-state index is 0.260. The molecular weight excluding hydrogens is 230 g/mol. The molecule has 0 radical (unpaired) electrons. The Hall–Kier alpha value is -1.84. The van der Waals surface area contributed by atoms with Gasteiger partial charge in [0.2, 0.25) is 0 Å². The first-order valence-corrected chi connectivity index (χ1v) is 5.83. The molecule has 0 saturated heterocycles. The molecule has 0 atom stereocenters. The molecule has 1 aromatic rings. The molecule has 98 valence electrons. The second-order valence-electron chi connectivity index (χ2n) is 5.24. The number of ether oxygens (including phenoxy) is 1. The molecule has 1 N–H and O–H groups in total. The van der Waals surface area contributed by atoms with E-state index in [1.54, 1.807) is 26.8 Å². The monoisotopic (exact) mass is 249 g/mol. The molecule has 0 aliphatic carbocycles. The average molecular weight is 249 g/mol. The maximum atomic E-state index is 11.6. The van der Waals surface area contributed by atoms with Gasteiger partial charge < -0.3 is 10.1 Å². The maximum Gasteiger partial charge on any atom is 0.311 e. The Labute approximate surface area is 107 Å². The van der Waals surface area contributed by atoms with E-state index in [1.165, 1.54) is 0 Å². The van der Waals surface area contributed by atoms with Crippen LogP contribution in [0.3, 0.4) is 0 Å². The number of rotatable bonds is 3. The Balaban J connectivity index is 2.46. The number of carbonyl (C=O) groups excluding carboxylic acids is 2. The summed E-state index contributed by atoms with van der Waals surface area (Å²) in [4.78, 5) is 23.0. The molecule has 4 nitrogen and oxygen atoms in total. The Bertz CT molecular complexity index is 447. The zero-order valence-electron chi connectivity index (χ0n) is 11.2. The van der Waals surface area contributed by atoms with Crippen molar-refractivity contribution in [1.29, 1.82) is 0 Å². The van der Waals surface area contributed by atoms with Crippen molar-refractivity contribution in [3.63, 3.8) is 0 Å². The van der Waals surface area contributed by atoms with E-state index in [2.05, 4.69) is 5.32 Å². The molecule has 0 aromatic heterocycles. The molecule has 0 fully saturated rings. The molecular formula is C14H19NO3. The van der Waals surface area contributed by atoms with Crippen molar-refractivity contribution in [2.45, 2.75) is 27.7 Å². The van der Waals surface area contributed by atoms with Gasteiger partial charge in [-0.25, -0.2) is 0 Å². The van der Waals surface area contributed by atoms with Crippen molar-refractivity contribution in [1.82, 2.24) is 0 Å². The van der Waals surface area contributed by atoms with Crippen LogP contribution in [0.1, 0.15) is 26.3 Å². The van der Waals surface area contributed by atoms with Crippen LogP contribution in [0, 0.1) is 12.3 Å². The number of carbonyl (C=O) groups is 2. The minimum Gasteiger partial charge on any atom is -0.455 e. The van der Waals surface area contributed by atoms with Gasteiger partial charge in [0.25, 0.3) is 5.91 Å². The van der Waals surface area contributed by atoms with Gasteiger partial charge in [-0.2, -0.15) is 0 Å². The molecule has 4 heteroatoms. The largest absolute Gasteiger partial charge is 0.455 e. The van der Waals surface area contributed by atoms with E-state index in [0.717, 1.165) is 5.56 Å². The number of aryl methyl sites for hydroxylation is 1. The SMILES string of the molecule is Cc1cccc(NC(=O)COC(=O)C(C)(C)C)c1. The summed E-state index contributed by atoms with van der Waals surface area (Å²) in [5, 5.41) is 2.67. The molecule has 0 saturated carbocycles. The van der Waals surface area contributed by atoms with Gasteiger partial charge in [0, 0.05) is 5.69 Å². The Morgan fingerprint density at radius 1 is 1.28 bits per heavy atom. The van der Waals surface area contributed by atoms with Gasteiger partial charge in [0.1, 0.15) is 0 Å². The lowest BCUT2D eigenvalue weighted by atomic mass is 9.97. The summed E-state index contributed by atoms with van der Waals surface area (Å²) in [5.74, 6) is -0.722. The van der Waals surface area contributed by atoms with E-state index >= 15 is 0 Å². The second kappa shape index (κ2) is 5.67. The molecule has 0 spiro atoms. The predicted molar refractivity (Wildman–Crippen MR) is 70.2 cm³/mol. The smallest absolute Gasteiger partial charge is 0.311 e. The first-order valence-electron chi connectivity index (χ1n) is 5.83. The van der Waals surface area contributed by atoms with Gasteiger partial charge in [0.15, 0.2) is 6.61 Å². The van der Waals surface area contributed by atoms with Crippen molar-refractivity contribution in [3.05, 3.63) is 29.8 Å². The molecule has 0 heterocycles. The highest BCUT2D eigenvalue weighted by Gasteiger charge is 2.23. The summed E-state index contributed by atoms with van der Waals surface area (Å²) in [6.45, 7) is 6.91. The lowest BCUT2D eigenvalue weighted by Gasteiger charge is -2.16. The van der Waals surface area contributed by atoms with Crippen molar-refractivity contribution < 1.29 is 14.3 Å². The van der Waals surface area contributed by atoms with Gasteiger partial charge >= 0.3 is 5.97 Å². The first-order chi connectivity index (χ1) is 8.29. The number of hydrogen-bond donors (Lipinski definition) is 1. The quantitative estimate of drug-likeness (QED) is 0.837. The van der Waals surface area contributed by atoms with Crippen LogP contribution in [-0.2, 0) is 14.3 Å². The molecule has 0 unspecified atom stereocenters. The van der Waals surface area contributed by atoms with E-state index in [4.69, 9.17) is 4.74 Å². The lowest BCUT2D eigenvalue weighted by molar-refractivity contribution is -0.155. The van der Waals surface area contributed by atoms with Gasteiger partial charge in [0.05, 0.1) is 5.41 Å². The van der Waals surface area contributed by atoms with Crippen molar-refractivity contribution in [3.8, 4) is 0 Å². The average Bonchev–Trinajstić information content (AvgIpc) is 2.24. The minimum atomic E-state index is -0.594. The molecule has 1 rings (SSSR count). The third-order valence-corrected chi connectivity index (χ3v) is 2.25. The highest BCUT2D eigenvalue weighted by molar-refractivity contribution is 5.93. The maximum absolute atomic E-state index is 11.6. The van der Waals surface area contributed by atoms with E-state index < -0.39 is 5.41 Å². The summed E-state index contributed by atoms with van der Waals surface area (Å²) in [5.41, 5.74) is 1.16. The normalized spacial score (nSPS) is 10.9. The number of anilines is 1. The topological polar surface area (TPSA) is 55.4 Å². The zero-order valence-corrected chi connectivity index (χ0v) is 11.2. The van der Waals surface area contributed by atoms with Crippen LogP contribution < -0.4 is 5.32 Å². The van der Waals surface area contributed by atoms with E-state index in [0.29, 0.717) is 5.69 Å². The fourth-order valence-corrected chi connectivity index (χ4v) is 1.27. The molecule has 1 aromatic carbocycles. The number of benzene rings is 1. The van der Waals surface area contributed by atoms with Crippen molar-refractivity contribution in [2.75, 3.05) is 11.9 Å². The van der Waals surface area contributed by atoms with E-state index in [-0.39, 0.29) is 18.5 Å². The number of hydrogen-bond acceptors (Lipinski definition) is 3. The van der Waals surface area contributed by atoms with Gasteiger partial charge in [-0.15, -0.1) is 0 Å². The van der Waals surface area contributed by atoms with Crippen molar-refractivity contribution in [2.24, 2.45) is 5.41 Å². The first kappa shape index (κ1) is 14.2. The fourth-order valence-electron chi connectivity index (χ4n) is 1.27. The van der Waals surface area contributed by atoms with Gasteiger partial charge in [-0.3, -0.25) is 9.59 Å². The fraction of sp³-hybridized carbons (Fsp3) is 0.429. The highest BCUT2D eigenvalue weighted by atomic mass is 16.5. The van der Waals surface area contributed by atoms with E-state index in [1.807, 2.05) is 25.1 Å². The van der Waals surface area contributed by atoms with Crippen LogP contribution in [0.4, 0.5) is 5.69 Å². The Morgan fingerprint density at radius 3 is 2.50 bits per heavy atom. The van der Waals surface area contributed by atoms with Crippen molar-refractivity contribution >= 4 is 17.6 Å². The highest BCUT2D eigenvalue weighted by Crippen LogP contribution is 2.15. The third kappa shape index (κ3) is 4.57. The molecule has 0 bridgehead atoms. The summed E-state index contributed by atoms with van der Waals surface area (Å²) in [6.07, 6.45) is 0. The third-order valence-electron chi connectivity index (χ3n) is 2.25. The molecule has 18 heavy (non-hydrogen) atoms. The number of amides is 1. The molecule has 0 aliphatic heterocycles. The second-order valence-corrected chi connectivity index (χ2v) is 5.24. The molecule has 0 aliphatic rings. The Morgan fingerprint density at radius 2 is 1.94 bits per heavy atom. The number of esters is 1. The number of nitrogens with one attached hydrogen (secondary N) is 1. The van der Waals surface area contributed by atoms with E-state index in [9.17, 15) is 9.59 Å². The summed E-state index contributed by atoms with van der Waals surface area (Å²) >= 11 is 0. The van der Waals surface area contributed by atoms with Crippen LogP contribution in [0.5, 0.6) is 0 Å². The summed E-state index contributed by atoms with van der Waals surface area (Å²) in [6, 6.07) is 7.43.